The SMILES string of the molecule is CC(C)C[C@@H](/C=C/S(C)(=O)=O)NC(=O)C(C)(C)N. The Morgan fingerprint density at radius 1 is 1.39 bits per heavy atom. The Morgan fingerprint density at radius 3 is 2.22 bits per heavy atom. The van der Waals surface area contributed by atoms with Crippen LogP contribution in [-0.2, 0) is 14.6 Å². The Balaban J connectivity index is 4.81. The average Bonchev–Trinajstić information content (AvgIpc) is 2.10. The van der Waals surface area contributed by atoms with E-state index in [2.05, 4.69) is 5.32 Å². The van der Waals surface area contributed by atoms with Gasteiger partial charge in [0.15, 0.2) is 9.84 Å². The average molecular weight is 276 g/mol. The van der Waals surface area contributed by atoms with Gasteiger partial charge in [0.25, 0.3) is 0 Å². The standard InChI is InChI=1S/C12H24N2O3S/c1-9(2)8-10(6-7-18(5,16)17)14-11(15)12(3,4)13/h6-7,9-10H,8,13H2,1-5H3,(H,14,15)/b7-6+/t10-/m1/s1. The number of nitrogens with two attached hydrogens (primary N) is 1. The molecular formula is C12H24N2O3S. The first-order valence-corrected chi connectivity index (χ1v) is 7.85. The highest BCUT2D eigenvalue weighted by Gasteiger charge is 2.24. The van der Waals surface area contributed by atoms with E-state index in [-0.39, 0.29) is 11.9 Å². The van der Waals surface area contributed by atoms with Gasteiger partial charge in [-0.2, -0.15) is 0 Å². The Labute approximate surface area is 110 Å². The molecule has 1 amide bonds. The zero-order valence-electron chi connectivity index (χ0n) is 11.7. The van der Waals surface area contributed by atoms with Gasteiger partial charge in [-0.1, -0.05) is 19.9 Å². The lowest BCUT2D eigenvalue weighted by molar-refractivity contribution is -0.125. The molecule has 0 spiro atoms. The molecule has 0 aliphatic carbocycles. The first kappa shape index (κ1) is 17.1. The Hall–Kier alpha value is -0.880. The van der Waals surface area contributed by atoms with E-state index in [0.717, 1.165) is 11.7 Å². The van der Waals surface area contributed by atoms with Crippen LogP contribution < -0.4 is 11.1 Å². The summed E-state index contributed by atoms with van der Waals surface area (Å²) in [7, 11) is -3.19. The summed E-state index contributed by atoms with van der Waals surface area (Å²) in [6, 6.07) is -0.324. The molecule has 0 aliphatic rings. The van der Waals surface area contributed by atoms with Gasteiger partial charge in [-0.3, -0.25) is 4.79 Å². The lowest BCUT2D eigenvalue weighted by atomic mass is 10.0. The first-order chi connectivity index (χ1) is 7.92. The van der Waals surface area contributed by atoms with Crippen LogP contribution in [0.3, 0.4) is 0 Å². The second-order valence-corrected chi connectivity index (χ2v) is 7.52. The summed E-state index contributed by atoms with van der Waals surface area (Å²) >= 11 is 0. The summed E-state index contributed by atoms with van der Waals surface area (Å²) in [5.74, 6) is 0.0340. The maximum absolute atomic E-state index is 11.8. The highest BCUT2D eigenvalue weighted by molar-refractivity contribution is 7.93. The molecule has 3 N–H and O–H groups in total. The minimum absolute atomic E-state index is 0.300. The number of amides is 1. The molecule has 106 valence electrons. The molecule has 0 aromatic carbocycles. The molecule has 0 saturated heterocycles. The van der Waals surface area contributed by atoms with Crippen LogP contribution in [0.4, 0.5) is 0 Å². The molecule has 0 aliphatic heterocycles. The number of nitrogens with one attached hydrogen (secondary N) is 1. The summed E-state index contributed by atoms with van der Waals surface area (Å²) in [5, 5.41) is 3.86. The topological polar surface area (TPSA) is 89.3 Å². The fraction of sp³-hybridized carbons (Fsp3) is 0.750. The summed E-state index contributed by atoms with van der Waals surface area (Å²) < 4.78 is 22.2. The van der Waals surface area contributed by atoms with Gasteiger partial charge in [-0.05, 0) is 26.2 Å². The van der Waals surface area contributed by atoms with Crippen molar-refractivity contribution in [3.63, 3.8) is 0 Å². The Bertz CT molecular complexity index is 406. The molecule has 0 rings (SSSR count). The zero-order valence-corrected chi connectivity index (χ0v) is 12.5. The van der Waals surface area contributed by atoms with Crippen molar-refractivity contribution in [3.8, 4) is 0 Å². The van der Waals surface area contributed by atoms with Gasteiger partial charge in [0.2, 0.25) is 5.91 Å². The summed E-state index contributed by atoms with van der Waals surface area (Å²) in [5.41, 5.74) is 4.71. The predicted molar refractivity (Wildman–Crippen MR) is 73.6 cm³/mol. The van der Waals surface area contributed by atoms with Crippen molar-refractivity contribution < 1.29 is 13.2 Å². The van der Waals surface area contributed by atoms with E-state index in [0.29, 0.717) is 12.3 Å². The molecule has 6 heteroatoms. The smallest absolute Gasteiger partial charge is 0.239 e. The lowest BCUT2D eigenvalue weighted by Gasteiger charge is -2.23. The van der Waals surface area contributed by atoms with Gasteiger partial charge in [0, 0.05) is 17.7 Å². The maximum atomic E-state index is 11.8. The molecule has 0 bridgehead atoms. The quantitative estimate of drug-likeness (QED) is 0.751. The third-order valence-corrected chi connectivity index (χ3v) is 2.84. The van der Waals surface area contributed by atoms with E-state index in [4.69, 9.17) is 5.73 Å². The van der Waals surface area contributed by atoms with Crippen LogP contribution in [0.2, 0.25) is 0 Å². The first-order valence-electron chi connectivity index (χ1n) is 5.90. The van der Waals surface area contributed by atoms with Gasteiger partial charge in [-0.25, -0.2) is 8.42 Å². The number of carbonyl (C=O) groups is 1. The van der Waals surface area contributed by atoms with E-state index < -0.39 is 15.4 Å². The van der Waals surface area contributed by atoms with Crippen LogP contribution in [-0.4, -0.2) is 32.2 Å². The molecule has 0 fully saturated rings. The molecule has 0 aromatic heterocycles. The van der Waals surface area contributed by atoms with E-state index in [9.17, 15) is 13.2 Å². The fourth-order valence-electron chi connectivity index (χ4n) is 1.29. The van der Waals surface area contributed by atoms with Crippen LogP contribution in [0.1, 0.15) is 34.1 Å². The van der Waals surface area contributed by atoms with E-state index in [1.54, 1.807) is 13.8 Å². The van der Waals surface area contributed by atoms with Crippen molar-refractivity contribution in [1.29, 1.82) is 0 Å². The van der Waals surface area contributed by atoms with Gasteiger partial charge >= 0.3 is 0 Å². The molecule has 0 saturated carbocycles. The molecule has 0 unspecified atom stereocenters. The highest BCUT2D eigenvalue weighted by atomic mass is 32.2. The van der Waals surface area contributed by atoms with Crippen LogP contribution in [0.15, 0.2) is 11.5 Å². The molecule has 0 heterocycles. The van der Waals surface area contributed by atoms with Gasteiger partial charge in [0.05, 0.1) is 5.54 Å². The highest BCUT2D eigenvalue weighted by Crippen LogP contribution is 2.08. The Morgan fingerprint density at radius 2 is 1.89 bits per heavy atom. The minimum atomic E-state index is -3.19. The number of rotatable bonds is 6. The Kier molecular flexibility index (Phi) is 6.02. The largest absolute Gasteiger partial charge is 0.348 e. The molecular weight excluding hydrogens is 252 g/mol. The number of carbonyl (C=O) groups excluding carboxylic acids is 1. The van der Waals surface area contributed by atoms with Crippen molar-refractivity contribution in [1.82, 2.24) is 5.32 Å². The molecule has 5 nitrogen and oxygen atoms in total. The zero-order chi connectivity index (χ0) is 14.6. The van der Waals surface area contributed by atoms with Crippen molar-refractivity contribution in [2.45, 2.75) is 45.7 Å². The monoisotopic (exact) mass is 276 g/mol. The summed E-state index contributed by atoms with van der Waals surface area (Å²) in [6.45, 7) is 7.21. The van der Waals surface area contributed by atoms with Crippen molar-refractivity contribution in [2.24, 2.45) is 11.7 Å². The van der Waals surface area contributed by atoms with Crippen LogP contribution >= 0.6 is 0 Å². The third-order valence-electron chi connectivity index (χ3n) is 2.19. The van der Waals surface area contributed by atoms with E-state index in [1.807, 2.05) is 13.8 Å². The molecule has 0 radical (unpaired) electrons. The third kappa shape index (κ3) is 8.25. The van der Waals surface area contributed by atoms with Crippen LogP contribution in [0.5, 0.6) is 0 Å². The van der Waals surface area contributed by atoms with Gasteiger partial charge in [0.1, 0.15) is 0 Å². The van der Waals surface area contributed by atoms with Crippen LogP contribution in [0.25, 0.3) is 0 Å². The second-order valence-electron chi connectivity index (χ2n) is 5.59. The summed E-state index contributed by atoms with van der Waals surface area (Å²) in [4.78, 5) is 11.8. The van der Waals surface area contributed by atoms with Crippen molar-refractivity contribution in [3.05, 3.63) is 11.5 Å². The number of sulfone groups is 1. The lowest BCUT2D eigenvalue weighted by Crippen LogP contribution is -2.52. The molecule has 18 heavy (non-hydrogen) atoms. The van der Waals surface area contributed by atoms with E-state index in [1.165, 1.54) is 6.08 Å². The molecule has 1 atom stereocenters. The maximum Gasteiger partial charge on any atom is 0.239 e. The van der Waals surface area contributed by atoms with Gasteiger partial charge < -0.3 is 11.1 Å². The normalized spacial score (nSPS) is 15.1. The molecule has 0 aromatic rings. The minimum Gasteiger partial charge on any atom is -0.348 e. The van der Waals surface area contributed by atoms with Gasteiger partial charge in [-0.15, -0.1) is 0 Å². The summed E-state index contributed by atoms with van der Waals surface area (Å²) in [6.07, 6.45) is 3.28. The second kappa shape index (κ2) is 6.33. The van der Waals surface area contributed by atoms with Crippen molar-refractivity contribution >= 4 is 15.7 Å². The fourth-order valence-corrected chi connectivity index (χ4v) is 1.76. The number of hydrogen-bond acceptors (Lipinski definition) is 4. The van der Waals surface area contributed by atoms with Crippen molar-refractivity contribution in [2.75, 3.05) is 6.26 Å². The van der Waals surface area contributed by atoms with E-state index >= 15 is 0 Å². The number of hydrogen-bond donors (Lipinski definition) is 2. The predicted octanol–water partition coefficient (Wildman–Crippen LogP) is 0.813. The van der Waals surface area contributed by atoms with Crippen LogP contribution in [0, 0.1) is 5.92 Å².